The molecule has 2 aromatic rings. The van der Waals surface area contributed by atoms with E-state index in [0.717, 1.165) is 15.7 Å². The molecule has 0 saturated carbocycles. The van der Waals surface area contributed by atoms with Gasteiger partial charge in [0.05, 0.1) is 23.5 Å². The topological polar surface area (TPSA) is 67.8 Å². The number of nitrogens with zero attached hydrogens (tertiary/aromatic N) is 2. The minimum absolute atomic E-state index is 0.348. The highest BCUT2D eigenvalue weighted by Crippen LogP contribution is 2.36. The van der Waals surface area contributed by atoms with Crippen molar-refractivity contribution in [1.29, 1.82) is 0 Å². The second-order valence-electron chi connectivity index (χ2n) is 4.59. The Bertz CT molecular complexity index is 726. The highest BCUT2D eigenvalue weighted by Gasteiger charge is 2.11. The van der Waals surface area contributed by atoms with Crippen LogP contribution in [0, 0.1) is 0 Å². The molecule has 2 N–H and O–H groups in total. The van der Waals surface area contributed by atoms with Gasteiger partial charge in [0.15, 0.2) is 16.6 Å². The van der Waals surface area contributed by atoms with Crippen molar-refractivity contribution in [3.8, 4) is 11.5 Å². The van der Waals surface area contributed by atoms with Crippen LogP contribution in [0.5, 0.6) is 11.5 Å². The molecule has 0 aliphatic carbocycles. The zero-order chi connectivity index (χ0) is 17.4. The van der Waals surface area contributed by atoms with Crippen LogP contribution in [0.4, 0.5) is 0 Å². The second kappa shape index (κ2) is 9.19. The summed E-state index contributed by atoms with van der Waals surface area (Å²) in [6.45, 7) is 0.348. The number of methoxy groups -OCH3 is 1. The minimum Gasteiger partial charge on any atom is -0.493 e. The van der Waals surface area contributed by atoms with Crippen molar-refractivity contribution in [2.24, 2.45) is 5.10 Å². The Morgan fingerprint density at radius 3 is 2.92 bits per heavy atom. The number of rotatable bonds is 6. The lowest BCUT2D eigenvalue weighted by Gasteiger charge is -2.13. The smallest absolute Gasteiger partial charge is 0.186 e. The molecule has 0 fully saturated rings. The Kier molecular flexibility index (Phi) is 6.95. The molecule has 24 heavy (non-hydrogen) atoms. The third kappa shape index (κ3) is 5.17. The van der Waals surface area contributed by atoms with Gasteiger partial charge >= 0.3 is 0 Å². The maximum atomic E-state index is 5.83. The minimum atomic E-state index is 0.348. The van der Waals surface area contributed by atoms with E-state index in [9.17, 15) is 0 Å². The first-order valence-corrected chi connectivity index (χ1v) is 8.25. The molecule has 0 atom stereocenters. The van der Waals surface area contributed by atoms with Gasteiger partial charge in [0, 0.05) is 13.2 Å². The lowest BCUT2D eigenvalue weighted by molar-refractivity contribution is 0.279. The fraction of sp³-hybridized carbons (Fsp3) is 0.188. The van der Waals surface area contributed by atoms with Crippen LogP contribution >= 0.6 is 28.1 Å². The van der Waals surface area contributed by atoms with E-state index in [1.165, 1.54) is 0 Å². The van der Waals surface area contributed by atoms with Crippen LogP contribution in [-0.4, -0.2) is 30.5 Å². The molecule has 1 heterocycles. The van der Waals surface area contributed by atoms with Crippen LogP contribution in [0.15, 0.2) is 46.1 Å². The molecular weight excluding hydrogens is 392 g/mol. The number of ether oxygens (including phenoxy) is 2. The van der Waals surface area contributed by atoms with Crippen molar-refractivity contribution in [1.82, 2.24) is 15.7 Å². The largest absolute Gasteiger partial charge is 0.493 e. The fourth-order valence-corrected chi connectivity index (χ4v) is 2.43. The Labute approximate surface area is 154 Å². The van der Waals surface area contributed by atoms with E-state index in [4.69, 9.17) is 21.7 Å². The molecule has 0 aliphatic heterocycles. The first-order valence-electron chi connectivity index (χ1n) is 7.05. The molecule has 6 nitrogen and oxygen atoms in total. The molecule has 0 aliphatic rings. The van der Waals surface area contributed by atoms with Crippen molar-refractivity contribution < 1.29 is 9.47 Å². The average Bonchev–Trinajstić information content (AvgIpc) is 2.61. The van der Waals surface area contributed by atoms with Gasteiger partial charge in [-0.05, 0) is 58.0 Å². The van der Waals surface area contributed by atoms with E-state index in [1.807, 2.05) is 30.3 Å². The number of nitrogens with one attached hydrogen (secondary N) is 2. The summed E-state index contributed by atoms with van der Waals surface area (Å²) in [7, 11) is 3.31. The van der Waals surface area contributed by atoms with Crippen LogP contribution in [-0.2, 0) is 6.61 Å². The average molecular weight is 409 g/mol. The number of hydrazone groups is 1. The lowest BCUT2D eigenvalue weighted by Crippen LogP contribution is -2.28. The molecule has 0 bridgehead atoms. The van der Waals surface area contributed by atoms with Crippen molar-refractivity contribution in [2.75, 3.05) is 14.2 Å². The molecule has 1 aromatic carbocycles. The lowest BCUT2D eigenvalue weighted by atomic mass is 10.2. The van der Waals surface area contributed by atoms with Gasteiger partial charge in [-0.1, -0.05) is 6.07 Å². The van der Waals surface area contributed by atoms with Gasteiger partial charge in [-0.2, -0.15) is 5.10 Å². The van der Waals surface area contributed by atoms with E-state index in [1.54, 1.807) is 26.6 Å². The molecule has 2 rings (SSSR count). The first kappa shape index (κ1) is 18.2. The van der Waals surface area contributed by atoms with E-state index in [-0.39, 0.29) is 0 Å². The van der Waals surface area contributed by atoms with Gasteiger partial charge in [-0.25, -0.2) is 0 Å². The summed E-state index contributed by atoms with van der Waals surface area (Å²) < 4.78 is 12.0. The number of thiocarbonyl (C=S) groups is 1. The third-order valence-electron chi connectivity index (χ3n) is 2.95. The molecule has 0 radical (unpaired) electrons. The summed E-state index contributed by atoms with van der Waals surface area (Å²) in [5, 5.41) is 7.26. The number of hydrogen-bond acceptors (Lipinski definition) is 5. The van der Waals surface area contributed by atoms with Gasteiger partial charge < -0.3 is 14.8 Å². The number of halogens is 1. The van der Waals surface area contributed by atoms with Crippen molar-refractivity contribution in [2.45, 2.75) is 6.61 Å². The monoisotopic (exact) mass is 408 g/mol. The predicted octanol–water partition coefficient (Wildman–Crippen LogP) is 2.86. The summed E-state index contributed by atoms with van der Waals surface area (Å²) in [6.07, 6.45) is 3.37. The maximum Gasteiger partial charge on any atom is 0.186 e. The molecule has 0 unspecified atom stereocenters. The molecule has 1 aromatic heterocycles. The van der Waals surface area contributed by atoms with Gasteiger partial charge in [-0.3, -0.25) is 10.4 Å². The highest BCUT2D eigenvalue weighted by molar-refractivity contribution is 9.10. The van der Waals surface area contributed by atoms with Crippen molar-refractivity contribution in [3.63, 3.8) is 0 Å². The van der Waals surface area contributed by atoms with Gasteiger partial charge in [0.1, 0.15) is 6.61 Å². The Balaban J connectivity index is 2.13. The van der Waals surface area contributed by atoms with Crippen LogP contribution in [0.2, 0.25) is 0 Å². The Morgan fingerprint density at radius 2 is 2.25 bits per heavy atom. The van der Waals surface area contributed by atoms with Gasteiger partial charge in [-0.15, -0.1) is 0 Å². The van der Waals surface area contributed by atoms with E-state index in [2.05, 4.69) is 36.8 Å². The Hall–Kier alpha value is -2.19. The van der Waals surface area contributed by atoms with Gasteiger partial charge in [0.25, 0.3) is 0 Å². The molecular formula is C16H17BrN4O2S. The fourth-order valence-electron chi connectivity index (χ4n) is 1.81. The van der Waals surface area contributed by atoms with Crippen LogP contribution < -0.4 is 20.2 Å². The maximum absolute atomic E-state index is 5.83. The Morgan fingerprint density at radius 1 is 1.42 bits per heavy atom. The zero-order valence-corrected chi connectivity index (χ0v) is 15.6. The molecule has 126 valence electrons. The van der Waals surface area contributed by atoms with Crippen molar-refractivity contribution >= 4 is 39.5 Å². The SMILES string of the molecule is CNC(=S)N/N=C/c1cc(Br)c(OCc2ccccn2)c(OC)c1. The quantitative estimate of drug-likeness (QED) is 0.435. The van der Waals surface area contributed by atoms with Crippen LogP contribution in [0.3, 0.4) is 0 Å². The molecule has 8 heteroatoms. The molecule has 0 saturated heterocycles. The number of benzene rings is 1. The summed E-state index contributed by atoms with van der Waals surface area (Å²) in [6, 6.07) is 9.38. The van der Waals surface area contributed by atoms with Gasteiger partial charge in [0.2, 0.25) is 0 Å². The summed E-state index contributed by atoms with van der Waals surface area (Å²) in [5.41, 5.74) is 4.36. The zero-order valence-electron chi connectivity index (χ0n) is 13.2. The van der Waals surface area contributed by atoms with Crippen molar-refractivity contribution in [3.05, 3.63) is 52.3 Å². The summed E-state index contributed by atoms with van der Waals surface area (Å²) >= 11 is 8.45. The van der Waals surface area contributed by atoms with E-state index in [0.29, 0.717) is 23.2 Å². The molecule has 0 amide bonds. The van der Waals surface area contributed by atoms with Crippen LogP contribution in [0.25, 0.3) is 0 Å². The number of aromatic nitrogens is 1. The standard InChI is InChI=1S/C16H17BrN4O2S/c1-18-16(24)21-20-9-11-7-13(17)15(14(8-11)22-2)23-10-12-5-3-4-6-19-12/h3-9H,10H2,1-2H3,(H2,18,21,24)/b20-9+. The summed E-state index contributed by atoms with van der Waals surface area (Å²) in [5.74, 6) is 1.21. The second-order valence-corrected chi connectivity index (χ2v) is 5.86. The number of hydrogen-bond donors (Lipinski definition) is 2. The van der Waals surface area contributed by atoms with Crippen LogP contribution in [0.1, 0.15) is 11.3 Å². The third-order valence-corrected chi connectivity index (χ3v) is 3.83. The summed E-state index contributed by atoms with van der Waals surface area (Å²) in [4.78, 5) is 4.23. The molecule has 0 spiro atoms. The number of pyridine rings is 1. The first-order chi connectivity index (χ1) is 11.6. The van der Waals surface area contributed by atoms with E-state index < -0.39 is 0 Å². The predicted molar refractivity (Wildman–Crippen MR) is 102 cm³/mol. The normalized spacial score (nSPS) is 10.5. The van der Waals surface area contributed by atoms with E-state index >= 15 is 0 Å². The highest BCUT2D eigenvalue weighted by atomic mass is 79.9.